The van der Waals surface area contributed by atoms with Crippen LogP contribution in [0.3, 0.4) is 0 Å². The number of benzene rings is 1. The van der Waals surface area contributed by atoms with E-state index in [0.29, 0.717) is 16.2 Å². The first kappa shape index (κ1) is 26.3. The molecule has 1 saturated carbocycles. The smallest absolute Gasteiger partial charge is 0.0106 e. The maximum atomic E-state index is 2.45. The number of hydrogen-bond donors (Lipinski definition) is 0. The zero-order valence-corrected chi connectivity index (χ0v) is 22.0. The van der Waals surface area contributed by atoms with Crippen molar-refractivity contribution in [3.63, 3.8) is 0 Å². The third-order valence-electron chi connectivity index (χ3n) is 8.09. The first-order chi connectivity index (χ1) is 13.0. The van der Waals surface area contributed by atoms with Crippen LogP contribution in [0.2, 0.25) is 0 Å². The molecule has 1 aromatic carbocycles. The van der Waals surface area contributed by atoms with Gasteiger partial charge in [0.2, 0.25) is 0 Å². The summed E-state index contributed by atoms with van der Waals surface area (Å²) in [5.74, 6) is 1.93. The Balaban J connectivity index is 0.000000291. The summed E-state index contributed by atoms with van der Waals surface area (Å²) in [6, 6.07) is 9.10. The van der Waals surface area contributed by atoms with Gasteiger partial charge in [-0.15, -0.1) is 0 Å². The minimum absolute atomic E-state index is 0.259. The molecule has 0 amide bonds. The van der Waals surface area contributed by atoms with Crippen molar-refractivity contribution in [1.29, 1.82) is 0 Å². The highest BCUT2D eigenvalue weighted by molar-refractivity contribution is 5.31. The average Bonchev–Trinajstić information content (AvgIpc) is 3.13. The van der Waals surface area contributed by atoms with Gasteiger partial charge in [-0.2, -0.15) is 0 Å². The minimum atomic E-state index is 0.259. The van der Waals surface area contributed by atoms with Crippen LogP contribution in [0.1, 0.15) is 126 Å². The highest BCUT2D eigenvalue weighted by Gasteiger charge is 2.38. The van der Waals surface area contributed by atoms with E-state index in [1.807, 2.05) is 0 Å². The van der Waals surface area contributed by atoms with Crippen LogP contribution < -0.4 is 0 Å². The first-order valence-electron chi connectivity index (χ1n) is 12.2. The Kier molecular flexibility index (Phi) is 8.66. The molecule has 0 spiro atoms. The van der Waals surface area contributed by atoms with Crippen LogP contribution in [0.25, 0.3) is 0 Å². The molecule has 0 N–H and O–H groups in total. The van der Waals surface area contributed by atoms with E-state index in [1.165, 1.54) is 43.2 Å². The van der Waals surface area contributed by atoms with Gasteiger partial charge in [0, 0.05) is 0 Å². The molecular weight excluding hydrogens is 348 g/mol. The molecule has 168 valence electrons. The van der Waals surface area contributed by atoms with E-state index < -0.39 is 0 Å². The fraction of sp³-hybridized carbons (Fsp3) is 0.793. The van der Waals surface area contributed by atoms with Crippen molar-refractivity contribution < 1.29 is 0 Å². The van der Waals surface area contributed by atoms with Crippen LogP contribution in [-0.4, -0.2) is 0 Å². The lowest BCUT2D eigenvalue weighted by Crippen LogP contribution is -2.23. The molecule has 0 nitrogen and oxygen atoms in total. The topological polar surface area (TPSA) is 0 Å². The molecule has 0 bridgehead atoms. The van der Waals surface area contributed by atoms with Gasteiger partial charge in [0.1, 0.15) is 0 Å². The monoisotopic (exact) mass is 400 g/mol. The molecule has 0 saturated heterocycles. The van der Waals surface area contributed by atoms with Gasteiger partial charge in [-0.3, -0.25) is 0 Å². The lowest BCUT2D eigenvalue weighted by atomic mass is 9.73. The molecule has 1 aliphatic carbocycles. The van der Waals surface area contributed by atoms with E-state index >= 15 is 0 Å². The van der Waals surface area contributed by atoms with Gasteiger partial charge >= 0.3 is 0 Å². The lowest BCUT2D eigenvalue weighted by Gasteiger charge is -2.32. The van der Waals surface area contributed by atoms with Crippen molar-refractivity contribution in [2.24, 2.45) is 22.7 Å². The van der Waals surface area contributed by atoms with Crippen LogP contribution in [0, 0.1) is 22.7 Å². The molecule has 1 fully saturated rings. The summed E-state index contributed by atoms with van der Waals surface area (Å²) in [7, 11) is 0. The predicted octanol–water partition coefficient (Wildman–Crippen LogP) is 9.56. The second-order valence-corrected chi connectivity index (χ2v) is 13.0. The molecule has 0 heteroatoms. The molecule has 0 aliphatic heterocycles. The summed E-state index contributed by atoms with van der Waals surface area (Å²) < 4.78 is 0. The van der Waals surface area contributed by atoms with Crippen molar-refractivity contribution in [3.8, 4) is 0 Å². The van der Waals surface area contributed by atoms with Gasteiger partial charge < -0.3 is 0 Å². The van der Waals surface area contributed by atoms with Crippen molar-refractivity contribution in [1.82, 2.24) is 0 Å². The van der Waals surface area contributed by atoms with E-state index in [0.717, 1.165) is 11.8 Å². The standard InChI is InChI=1S/C15H24.C14H28/c1-7-15(5,6)13-10-8-12(9-11-13)14(2,3)4;1-7-14(5,6)12-9-8-11(10-12)13(2,3)4/h8-11H,7H2,1-6H3;11-12H,7-10H2,1-6H3. The number of rotatable bonds is 4. The SMILES string of the molecule is CCC(C)(C)C1CCC(C(C)(C)C)C1.CCC(C)(C)c1ccc(C(C)(C)C)cc1. The summed E-state index contributed by atoms with van der Waals surface area (Å²) in [5, 5.41) is 0. The molecule has 2 atom stereocenters. The van der Waals surface area contributed by atoms with Gasteiger partial charge in [0.05, 0.1) is 0 Å². The van der Waals surface area contributed by atoms with Crippen LogP contribution in [-0.2, 0) is 10.8 Å². The Morgan fingerprint density at radius 2 is 1.10 bits per heavy atom. The highest BCUT2D eigenvalue weighted by atomic mass is 14.4. The van der Waals surface area contributed by atoms with Gasteiger partial charge in [0.25, 0.3) is 0 Å². The third-order valence-corrected chi connectivity index (χ3v) is 8.09. The fourth-order valence-corrected chi connectivity index (χ4v) is 4.39. The summed E-state index contributed by atoms with van der Waals surface area (Å²) in [6.07, 6.45) is 6.89. The van der Waals surface area contributed by atoms with Crippen molar-refractivity contribution in [3.05, 3.63) is 35.4 Å². The van der Waals surface area contributed by atoms with Gasteiger partial charge in [-0.05, 0) is 70.3 Å². The molecule has 0 radical (unpaired) electrons. The van der Waals surface area contributed by atoms with Crippen LogP contribution in [0.5, 0.6) is 0 Å². The van der Waals surface area contributed by atoms with Crippen molar-refractivity contribution >= 4 is 0 Å². The zero-order valence-electron chi connectivity index (χ0n) is 22.0. The summed E-state index contributed by atoms with van der Waals surface area (Å²) >= 11 is 0. The van der Waals surface area contributed by atoms with E-state index in [9.17, 15) is 0 Å². The Hall–Kier alpha value is -0.780. The van der Waals surface area contributed by atoms with Crippen LogP contribution in [0.4, 0.5) is 0 Å². The third kappa shape index (κ3) is 7.45. The van der Waals surface area contributed by atoms with Crippen molar-refractivity contribution in [2.45, 2.75) is 126 Å². The molecule has 1 aliphatic rings. The van der Waals surface area contributed by atoms with Crippen molar-refractivity contribution in [2.75, 3.05) is 0 Å². The molecule has 0 aromatic heterocycles. The molecule has 2 rings (SSSR count). The second kappa shape index (κ2) is 9.57. The maximum absolute atomic E-state index is 2.45. The van der Waals surface area contributed by atoms with Crippen LogP contribution in [0.15, 0.2) is 24.3 Å². The Bertz CT molecular complexity index is 601. The second-order valence-electron chi connectivity index (χ2n) is 13.0. The quantitative estimate of drug-likeness (QED) is 0.472. The Labute approximate surface area is 184 Å². The molecule has 0 heterocycles. The number of hydrogen-bond acceptors (Lipinski definition) is 0. The lowest BCUT2D eigenvalue weighted by molar-refractivity contribution is 0.177. The Morgan fingerprint density at radius 3 is 1.45 bits per heavy atom. The van der Waals surface area contributed by atoms with Crippen LogP contribution >= 0.6 is 0 Å². The van der Waals surface area contributed by atoms with E-state index in [2.05, 4.69) is 107 Å². The minimum Gasteiger partial charge on any atom is -0.0649 e. The zero-order chi connectivity index (χ0) is 22.7. The maximum Gasteiger partial charge on any atom is -0.0106 e. The summed E-state index contributed by atoms with van der Waals surface area (Å²) in [6.45, 7) is 28.1. The van der Waals surface area contributed by atoms with E-state index in [4.69, 9.17) is 0 Å². The normalized spacial score (nSPS) is 21.0. The largest absolute Gasteiger partial charge is 0.0649 e. The van der Waals surface area contributed by atoms with Gasteiger partial charge in [0.15, 0.2) is 0 Å². The molecular formula is C29H52. The Morgan fingerprint density at radius 1 is 0.655 bits per heavy atom. The van der Waals surface area contributed by atoms with Gasteiger partial charge in [-0.25, -0.2) is 0 Å². The average molecular weight is 401 g/mol. The predicted molar refractivity (Wildman–Crippen MR) is 133 cm³/mol. The molecule has 2 unspecified atom stereocenters. The fourth-order valence-electron chi connectivity index (χ4n) is 4.39. The molecule has 29 heavy (non-hydrogen) atoms. The van der Waals surface area contributed by atoms with Gasteiger partial charge in [-0.1, -0.05) is 114 Å². The molecule has 1 aromatic rings. The van der Waals surface area contributed by atoms with E-state index in [-0.39, 0.29) is 5.41 Å². The highest BCUT2D eigenvalue weighted by Crippen LogP contribution is 2.49. The first-order valence-corrected chi connectivity index (χ1v) is 12.2. The summed E-state index contributed by atoms with van der Waals surface area (Å²) in [4.78, 5) is 0. The van der Waals surface area contributed by atoms with E-state index in [1.54, 1.807) is 0 Å². The summed E-state index contributed by atoms with van der Waals surface area (Å²) in [5.41, 5.74) is 4.51.